The van der Waals surface area contributed by atoms with Crippen LogP contribution in [0.15, 0.2) is 30.3 Å². The lowest BCUT2D eigenvalue weighted by atomic mass is 10.1. The zero-order chi connectivity index (χ0) is 10.3. The summed E-state index contributed by atoms with van der Waals surface area (Å²) in [4.78, 5) is 0. The SMILES string of the molecule is [CH](CCCc1ccccc1)OCC1CO1. The van der Waals surface area contributed by atoms with E-state index in [2.05, 4.69) is 24.3 Å². The second-order valence-electron chi connectivity index (χ2n) is 3.83. The van der Waals surface area contributed by atoms with Crippen LogP contribution in [0.5, 0.6) is 0 Å². The van der Waals surface area contributed by atoms with Crippen molar-refractivity contribution >= 4 is 0 Å². The molecule has 1 unspecified atom stereocenters. The van der Waals surface area contributed by atoms with Crippen molar-refractivity contribution in [3.8, 4) is 0 Å². The number of benzene rings is 1. The summed E-state index contributed by atoms with van der Waals surface area (Å²) in [6.07, 6.45) is 3.66. The fourth-order valence-corrected chi connectivity index (χ4v) is 1.46. The van der Waals surface area contributed by atoms with Crippen molar-refractivity contribution in [2.45, 2.75) is 25.4 Å². The van der Waals surface area contributed by atoms with Crippen molar-refractivity contribution < 1.29 is 9.47 Å². The molecule has 1 aromatic carbocycles. The highest BCUT2D eigenvalue weighted by molar-refractivity contribution is 5.14. The minimum Gasteiger partial charge on any atom is -0.373 e. The average Bonchev–Trinajstić information content (AvgIpc) is 3.09. The van der Waals surface area contributed by atoms with Gasteiger partial charge in [0.2, 0.25) is 0 Å². The second-order valence-corrected chi connectivity index (χ2v) is 3.83. The van der Waals surface area contributed by atoms with E-state index in [0.29, 0.717) is 6.10 Å². The Bertz CT molecular complexity index is 267. The van der Waals surface area contributed by atoms with E-state index in [1.165, 1.54) is 5.56 Å². The van der Waals surface area contributed by atoms with Crippen LogP contribution in [-0.2, 0) is 15.9 Å². The predicted octanol–water partition coefficient (Wildman–Crippen LogP) is 2.59. The van der Waals surface area contributed by atoms with Crippen molar-refractivity contribution in [3.05, 3.63) is 42.5 Å². The van der Waals surface area contributed by atoms with Crippen molar-refractivity contribution in [3.63, 3.8) is 0 Å². The number of hydrogen-bond acceptors (Lipinski definition) is 2. The number of hydrogen-bond donors (Lipinski definition) is 0. The molecule has 0 saturated carbocycles. The van der Waals surface area contributed by atoms with E-state index in [1.54, 1.807) is 0 Å². The lowest BCUT2D eigenvalue weighted by Crippen LogP contribution is -1.99. The number of aryl methyl sites for hydroxylation is 1. The van der Waals surface area contributed by atoms with Gasteiger partial charge in [-0.15, -0.1) is 0 Å². The largest absolute Gasteiger partial charge is 0.373 e. The zero-order valence-electron chi connectivity index (χ0n) is 8.89. The molecule has 0 N–H and O–H groups in total. The topological polar surface area (TPSA) is 21.8 Å². The summed E-state index contributed by atoms with van der Waals surface area (Å²) in [7, 11) is 0. The van der Waals surface area contributed by atoms with Crippen LogP contribution in [0, 0.1) is 6.61 Å². The lowest BCUT2D eigenvalue weighted by Gasteiger charge is -2.02. The second kappa shape index (κ2) is 5.89. The van der Waals surface area contributed by atoms with Crippen molar-refractivity contribution in [2.75, 3.05) is 13.2 Å². The highest BCUT2D eigenvalue weighted by atomic mass is 16.6. The minimum absolute atomic E-state index is 0.371. The van der Waals surface area contributed by atoms with Gasteiger partial charge in [0.1, 0.15) is 6.10 Å². The first-order valence-corrected chi connectivity index (χ1v) is 5.54. The lowest BCUT2D eigenvalue weighted by molar-refractivity contribution is 0.165. The van der Waals surface area contributed by atoms with Gasteiger partial charge >= 0.3 is 0 Å². The molecule has 0 amide bonds. The third-order valence-corrected chi connectivity index (χ3v) is 2.43. The molecule has 0 aromatic heterocycles. The van der Waals surface area contributed by atoms with Crippen molar-refractivity contribution in [2.24, 2.45) is 0 Å². The molecule has 2 nitrogen and oxygen atoms in total. The molecule has 1 aliphatic heterocycles. The van der Waals surface area contributed by atoms with Crippen LogP contribution in [0.2, 0.25) is 0 Å². The fraction of sp³-hybridized carbons (Fsp3) is 0.462. The van der Waals surface area contributed by atoms with Gasteiger partial charge in [-0.05, 0) is 24.8 Å². The number of ether oxygens (including phenoxy) is 2. The highest BCUT2D eigenvalue weighted by Gasteiger charge is 2.21. The molecule has 15 heavy (non-hydrogen) atoms. The summed E-state index contributed by atoms with van der Waals surface area (Å²) in [5, 5.41) is 0. The Kier molecular flexibility index (Phi) is 4.18. The van der Waals surface area contributed by atoms with Gasteiger partial charge in [-0.2, -0.15) is 0 Å². The molecule has 1 heterocycles. The monoisotopic (exact) mass is 205 g/mol. The summed E-state index contributed by atoms with van der Waals surface area (Å²) >= 11 is 0. The normalized spacial score (nSPS) is 19.1. The molecule has 1 aliphatic rings. The molecule has 0 aliphatic carbocycles. The Balaban J connectivity index is 1.47. The van der Waals surface area contributed by atoms with Gasteiger partial charge in [-0.1, -0.05) is 30.3 Å². The number of epoxide rings is 1. The number of rotatable bonds is 7. The summed E-state index contributed by atoms with van der Waals surface area (Å²) in [5.41, 5.74) is 1.40. The van der Waals surface area contributed by atoms with E-state index in [1.807, 2.05) is 12.7 Å². The van der Waals surface area contributed by atoms with E-state index < -0.39 is 0 Å². The Morgan fingerprint density at radius 3 is 2.87 bits per heavy atom. The average molecular weight is 205 g/mol. The Morgan fingerprint density at radius 2 is 2.13 bits per heavy atom. The van der Waals surface area contributed by atoms with Gasteiger partial charge in [0.05, 0.1) is 19.8 Å². The first-order chi connectivity index (χ1) is 7.45. The molecule has 81 valence electrons. The quantitative estimate of drug-likeness (QED) is 0.504. The van der Waals surface area contributed by atoms with Gasteiger partial charge in [0, 0.05) is 0 Å². The van der Waals surface area contributed by atoms with E-state index in [-0.39, 0.29) is 0 Å². The van der Waals surface area contributed by atoms with Crippen LogP contribution in [0.4, 0.5) is 0 Å². The predicted molar refractivity (Wildman–Crippen MR) is 59.4 cm³/mol. The van der Waals surface area contributed by atoms with Crippen LogP contribution in [-0.4, -0.2) is 19.3 Å². The Morgan fingerprint density at radius 1 is 1.33 bits per heavy atom. The van der Waals surface area contributed by atoms with E-state index in [9.17, 15) is 0 Å². The molecule has 1 fully saturated rings. The molecule has 1 aromatic rings. The maximum absolute atomic E-state index is 5.35. The fourth-order valence-electron chi connectivity index (χ4n) is 1.46. The summed E-state index contributed by atoms with van der Waals surface area (Å²) in [6, 6.07) is 10.5. The van der Waals surface area contributed by atoms with Gasteiger partial charge in [-0.25, -0.2) is 0 Å². The van der Waals surface area contributed by atoms with Crippen LogP contribution in [0.1, 0.15) is 18.4 Å². The summed E-state index contributed by atoms with van der Waals surface area (Å²) in [5.74, 6) is 0. The minimum atomic E-state index is 0.371. The van der Waals surface area contributed by atoms with E-state index >= 15 is 0 Å². The first-order valence-electron chi connectivity index (χ1n) is 5.54. The summed E-state index contributed by atoms with van der Waals surface area (Å²) in [6.45, 7) is 3.51. The van der Waals surface area contributed by atoms with Crippen LogP contribution >= 0.6 is 0 Å². The van der Waals surface area contributed by atoms with E-state index in [4.69, 9.17) is 9.47 Å². The first kappa shape index (κ1) is 10.7. The molecule has 0 spiro atoms. The molecule has 1 atom stereocenters. The van der Waals surface area contributed by atoms with E-state index in [0.717, 1.165) is 32.5 Å². The van der Waals surface area contributed by atoms with Gasteiger partial charge in [-0.3, -0.25) is 0 Å². The Hall–Kier alpha value is -0.860. The van der Waals surface area contributed by atoms with Crippen LogP contribution < -0.4 is 0 Å². The van der Waals surface area contributed by atoms with Gasteiger partial charge < -0.3 is 9.47 Å². The van der Waals surface area contributed by atoms with Crippen LogP contribution in [0.3, 0.4) is 0 Å². The van der Waals surface area contributed by atoms with Gasteiger partial charge in [0.15, 0.2) is 0 Å². The third-order valence-electron chi connectivity index (χ3n) is 2.43. The highest BCUT2D eigenvalue weighted by Crippen LogP contribution is 2.11. The Labute approximate surface area is 91.2 Å². The summed E-state index contributed by atoms with van der Waals surface area (Å²) < 4.78 is 10.4. The molecule has 0 bridgehead atoms. The third kappa shape index (κ3) is 4.45. The molecule has 2 rings (SSSR count). The molecule has 1 saturated heterocycles. The number of unbranched alkanes of at least 4 members (excludes halogenated alkanes) is 1. The maximum Gasteiger partial charge on any atom is 0.104 e. The maximum atomic E-state index is 5.35. The molecular formula is C13H17O2. The standard InChI is InChI=1S/C13H17O2/c1-2-6-12(7-3-1)8-4-5-9-14-10-13-11-15-13/h1-3,6-7,9,13H,4-5,8,10-11H2. The molecule has 2 heteroatoms. The molecular weight excluding hydrogens is 188 g/mol. The molecule has 1 radical (unpaired) electrons. The smallest absolute Gasteiger partial charge is 0.104 e. The van der Waals surface area contributed by atoms with Crippen molar-refractivity contribution in [1.82, 2.24) is 0 Å². The van der Waals surface area contributed by atoms with Crippen LogP contribution in [0.25, 0.3) is 0 Å². The van der Waals surface area contributed by atoms with Gasteiger partial charge in [0.25, 0.3) is 0 Å². The van der Waals surface area contributed by atoms with Crippen molar-refractivity contribution in [1.29, 1.82) is 0 Å². The zero-order valence-corrected chi connectivity index (χ0v) is 8.89.